The minimum absolute atomic E-state index is 0.263. The molecule has 0 fully saturated rings. The van der Waals surface area contributed by atoms with Gasteiger partial charge in [-0.2, -0.15) is 0 Å². The van der Waals surface area contributed by atoms with Crippen LogP contribution in [0.5, 0.6) is 11.5 Å². The monoisotopic (exact) mass is 350 g/mol. The molecule has 2 aromatic carbocycles. The molecule has 0 unspecified atom stereocenters. The molecule has 0 aliphatic heterocycles. The third kappa shape index (κ3) is 3.67. The van der Waals surface area contributed by atoms with E-state index in [0.29, 0.717) is 22.6 Å². The van der Waals surface area contributed by atoms with Crippen molar-refractivity contribution >= 4 is 23.6 Å². The van der Waals surface area contributed by atoms with Crippen molar-refractivity contribution in [2.75, 3.05) is 13.7 Å². The second kappa shape index (κ2) is 7.70. The largest absolute Gasteiger partial charge is 0.497 e. The van der Waals surface area contributed by atoms with Crippen molar-refractivity contribution in [3.8, 4) is 11.5 Å². The minimum atomic E-state index is -0.540. The summed E-state index contributed by atoms with van der Waals surface area (Å²) >= 11 is 0. The van der Waals surface area contributed by atoms with E-state index in [1.165, 1.54) is 6.08 Å². The number of carbonyl (C=O) groups is 2. The molecule has 0 N–H and O–H groups in total. The number of fused-ring (bicyclic) bond motifs is 1. The second-order valence-electron chi connectivity index (χ2n) is 5.52. The SMILES string of the molecule is CCOC(=O)/C=C1/C(C(=O)Oc2ccc(OC)cc2)=Cc2ccccc21. The maximum atomic E-state index is 12.7. The van der Waals surface area contributed by atoms with Gasteiger partial charge in [-0.1, -0.05) is 24.3 Å². The number of methoxy groups -OCH3 is 1. The number of hydrogen-bond donors (Lipinski definition) is 0. The Morgan fingerprint density at radius 3 is 2.38 bits per heavy atom. The summed E-state index contributed by atoms with van der Waals surface area (Å²) in [4.78, 5) is 24.6. The first-order chi connectivity index (χ1) is 12.6. The normalized spacial score (nSPS) is 13.8. The molecule has 1 aliphatic carbocycles. The molecule has 0 aromatic heterocycles. The first-order valence-electron chi connectivity index (χ1n) is 8.18. The third-order valence-corrected chi connectivity index (χ3v) is 3.88. The van der Waals surface area contributed by atoms with Gasteiger partial charge in [-0.25, -0.2) is 9.59 Å². The average molecular weight is 350 g/mol. The Labute approximate surface area is 151 Å². The van der Waals surface area contributed by atoms with Gasteiger partial charge in [0.25, 0.3) is 0 Å². The van der Waals surface area contributed by atoms with Crippen LogP contribution in [0.2, 0.25) is 0 Å². The fraction of sp³-hybridized carbons (Fsp3) is 0.143. The van der Waals surface area contributed by atoms with Gasteiger partial charge in [0, 0.05) is 11.6 Å². The fourth-order valence-electron chi connectivity index (χ4n) is 2.68. The van der Waals surface area contributed by atoms with E-state index in [4.69, 9.17) is 14.2 Å². The van der Waals surface area contributed by atoms with E-state index < -0.39 is 11.9 Å². The summed E-state index contributed by atoms with van der Waals surface area (Å²) in [7, 11) is 1.56. The lowest BCUT2D eigenvalue weighted by Gasteiger charge is -2.09. The quantitative estimate of drug-likeness (QED) is 0.468. The molecule has 0 saturated heterocycles. The Hall–Kier alpha value is -3.34. The fourth-order valence-corrected chi connectivity index (χ4v) is 2.68. The zero-order valence-electron chi connectivity index (χ0n) is 14.5. The van der Waals surface area contributed by atoms with Crippen molar-refractivity contribution in [1.29, 1.82) is 0 Å². The highest BCUT2D eigenvalue weighted by Crippen LogP contribution is 2.36. The Balaban J connectivity index is 1.88. The van der Waals surface area contributed by atoms with Crippen molar-refractivity contribution < 1.29 is 23.8 Å². The lowest BCUT2D eigenvalue weighted by Crippen LogP contribution is -2.12. The van der Waals surface area contributed by atoms with Crippen LogP contribution < -0.4 is 9.47 Å². The number of benzene rings is 2. The van der Waals surface area contributed by atoms with Gasteiger partial charge >= 0.3 is 11.9 Å². The highest BCUT2D eigenvalue weighted by atomic mass is 16.5. The summed E-state index contributed by atoms with van der Waals surface area (Å²) in [5.41, 5.74) is 2.46. The first-order valence-corrected chi connectivity index (χ1v) is 8.18. The Morgan fingerprint density at radius 2 is 1.69 bits per heavy atom. The number of hydrogen-bond acceptors (Lipinski definition) is 5. The standard InChI is InChI=1S/C21H18O5/c1-3-25-20(22)13-18-17-7-5-4-6-14(17)12-19(18)21(23)26-16-10-8-15(24-2)9-11-16/h4-13H,3H2,1-2H3/b18-13+. The van der Waals surface area contributed by atoms with Gasteiger partial charge in [0.15, 0.2) is 0 Å². The van der Waals surface area contributed by atoms with Gasteiger partial charge in [-0.15, -0.1) is 0 Å². The van der Waals surface area contributed by atoms with Gasteiger partial charge in [0.05, 0.1) is 19.3 Å². The predicted molar refractivity (Wildman–Crippen MR) is 97.7 cm³/mol. The van der Waals surface area contributed by atoms with E-state index in [0.717, 1.165) is 11.1 Å². The second-order valence-corrected chi connectivity index (χ2v) is 5.52. The van der Waals surface area contributed by atoms with Crippen LogP contribution in [0.4, 0.5) is 0 Å². The van der Waals surface area contributed by atoms with Crippen LogP contribution in [0.1, 0.15) is 18.1 Å². The highest BCUT2D eigenvalue weighted by Gasteiger charge is 2.26. The molecule has 132 valence electrons. The lowest BCUT2D eigenvalue weighted by atomic mass is 10.0. The van der Waals surface area contributed by atoms with Gasteiger partial charge in [-0.3, -0.25) is 0 Å². The molecule has 0 spiro atoms. The van der Waals surface area contributed by atoms with Crippen LogP contribution in [0.3, 0.4) is 0 Å². The molecular weight excluding hydrogens is 332 g/mol. The molecule has 26 heavy (non-hydrogen) atoms. The van der Waals surface area contributed by atoms with Crippen LogP contribution in [-0.4, -0.2) is 25.7 Å². The Morgan fingerprint density at radius 1 is 1.00 bits per heavy atom. The molecular formula is C21H18O5. The van der Waals surface area contributed by atoms with Crippen LogP contribution in [0, 0.1) is 0 Å². The van der Waals surface area contributed by atoms with E-state index in [-0.39, 0.29) is 6.61 Å². The predicted octanol–water partition coefficient (Wildman–Crippen LogP) is 3.64. The van der Waals surface area contributed by atoms with Crippen LogP contribution in [0.25, 0.3) is 11.6 Å². The zero-order chi connectivity index (χ0) is 18.5. The molecule has 0 radical (unpaired) electrons. The zero-order valence-corrected chi connectivity index (χ0v) is 14.5. The van der Waals surface area contributed by atoms with E-state index in [2.05, 4.69) is 0 Å². The van der Waals surface area contributed by atoms with Crippen LogP contribution in [0.15, 0.2) is 60.2 Å². The van der Waals surface area contributed by atoms with Crippen molar-refractivity contribution in [2.45, 2.75) is 6.92 Å². The average Bonchev–Trinajstić information content (AvgIpc) is 3.01. The molecule has 2 aromatic rings. The maximum absolute atomic E-state index is 12.7. The minimum Gasteiger partial charge on any atom is -0.497 e. The van der Waals surface area contributed by atoms with Gasteiger partial charge in [0.1, 0.15) is 11.5 Å². The van der Waals surface area contributed by atoms with Crippen molar-refractivity contribution in [2.24, 2.45) is 0 Å². The van der Waals surface area contributed by atoms with Crippen LogP contribution in [-0.2, 0) is 14.3 Å². The molecule has 0 bridgehead atoms. The summed E-state index contributed by atoms with van der Waals surface area (Å²) in [6.45, 7) is 1.99. The highest BCUT2D eigenvalue weighted by molar-refractivity contribution is 6.18. The van der Waals surface area contributed by atoms with E-state index in [9.17, 15) is 9.59 Å². The summed E-state index contributed by atoms with van der Waals surface area (Å²) in [6, 6.07) is 14.2. The van der Waals surface area contributed by atoms with E-state index in [1.54, 1.807) is 44.4 Å². The molecule has 0 heterocycles. The van der Waals surface area contributed by atoms with E-state index >= 15 is 0 Å². The molecule has 5 nitrogen and oxygen atoms in total. The number of rotatable bonds is 5. The molecule has 1 aliphatic rings. The summed E-state index contributed by atoms with van der Waals surface area (Å²) in [6.07, 6.45) is 3.04. The summed E-state index contributed by atoms with van der Waals surface area (Å²) in [5, 5.41) is 0. The van der Waals surface area contributed by atoms with Gasteiger partial charge in [-0.05, 0) is 48.4 Å². The molecule has 0 saturated carbocycles. The number of ether oxygens (including phenoxy) is 3. The molecule has 3 rings (SSSR count). The van der Waals surface area contributed by atoms with Crippen molar-refractivity contribution in [3.63, 3.8) is 0 Å². The summed E-state index contributed by atoms with van der Waals surface area (Å²) in [5.74, 6) is 0.0209. The third-order valence-electron chi connectivity index (χ3n) is 3.88. The smallest absolute Gasteiger partial charge is 0.344 e. The lowest BCUT2D eigenvalue weighted by molar-refractivity contribution is -0.137. The number of carbonyl (C=O) groups excluding carboxylic acids is 2. The molecule has 0 amide bonds. The first kappa shape index (κ1) is 17.5. The summed E-state index contributed by atoms with van der Waals surface area (Å²) < 4.78 is 15.5. The molecule has 5 heteroatoms. The van der Waals surface area contributed by atoms with Crippen molar-refractivity contribution in [1.82, 2.24) is 0 Å². The Kier molecular flexibility index (Phi) is 5.17. The maximum Gasteiger partial charge on any atom is 0.344 e. The molecule has 0 atom stereocenters. The van der Waals surface area contributed by atoms with Gasteiger partial charge < -0.3 is 14.2 Å². The Bertz CT molecular complexity index is 891. The van der Waals surface area contributed by atoms with E-state index in [1.807, 2.05) is 24.3 Å². The topological polar surface area (TPSA) is 61.8 Å². The number of esters is 2. The van der Waals surface area contributed by atoms with Gasteiger partial charge in [0.2, 0.25) is 0 Å². The van der Waals surface area contributed by atoms with Crippen molar-refractivity contribution in [3.05, 3.63) is 71.3 Å². The van der Waals surface area contributed by atoms with Crippen LogP contribution >= 0.6 is 0 Å².